The second-order valence-electron chi connectivity index (χ2n) is 3.28. The molecular formula is C12H10FNO2. The van der Waals surface area contributed by atoms with E-state index in [0.717, 1.165) is 5.39 Å². The van der Waals surface area contributed by atoms with Gasteiger partial charge < -0.3 is 4.74 Å². The van der Waals surface area contributed by atoms with E-state index >= 15 is 0 Å². The molecule has 0 bridgehead atoms. The first-order chi connectivity index (χ1) is 7.70. The SMILES string of the molecule is CCOC(=O)c1cc2ccc(F)cc2cn1. The molecular weight excluding hydrogens is 209 g/mol. The molecule has 2 rings (SSSR count). The van der Waals surface area contributed by atoms with Crippen LogP contribution in [-0.2, 0) is 4.74 Å². The van der Waals surface area contributed by atoms with Gasteiger partial charge in [0, 0.05) is 11.6 Å². The summed E-state index contributed by atoms with van der Waals surface area (Å²) in [5.74, 6) is -0.785. The Kier molecular flexibility index (Phi) is 2.81. The van der Waals surface area contributed by atoms with Gasteiger partial charge >= 0.3 is 5.97 Å². The van der Waals surface area contributed by atoms with E-state index < -0.39 is 5.97 Å². The molecule has 0 aliphatic rings. The molecule has 0 atom stereocenters. The monoisotopic (exact) mass is 219 g/mol. The zero-order valence-corrected chi connectivity index (χ0v) is 8.74. The van der Waals surface area contributed by atoms with E-state index in [4.69, 9.17) is 4.74 Å². The highest BCUT2D eigenvalue weighted by Crippen LogP contribution is 2.15. The number of esters is 1. The smallest absolute Gasteiger partial charge is 0.356 e. The molecule has 3 nitrogen and oxygen atoms in total. The zero-order valence-electron chi connectivity index (χ0n) is 8.74. The Morgan fingerprint density at radius 1 is 1.38 bits per heavy atom. The summed E-state index contributed by atoms with van der Waals surface area (Å²) in [7, 11) is 0. The normalized spacial score (nSPS) is 10.4. The van der Waals surface area contributed by atoms with Gasteiger partial charge in [-0.1, -0.05) is 6.07 Å². The Labute approximate surface area is 91.9 Å². The summed E-state index contributed by atoms with van der Waals surface area (Å²) in [6.45, 7) is 2.04. The first-order valence-electron chi connectivity index (χ1n) is 4.93. The van der Waals surface area contributed by atoms with Crippen LogP contribution in [0.2, 0.25) is 0 Å². The maximum Gasteiger partial charge on any atom is 0.356 e. The Balaban J connectivity index is 2.44. The quantitative estimate of drug-likeness (QED) is 0.728. The first-order valence-corrected chi connectivity index (χ1v) is 4.93. The van der Waals surface area contributed by atoms with E-state index in [9.17, 15) is 9.18 Å². The largest absolute Gasteiger partial charge is 0.461 e. The van der Waals surface area contributed by atoms with E-state index in [1.54, 1.807) is 19.1 Å². The number of rotatable bonds is 2. The summed E-state index contributed by atoms with van der Waals surface area (Å²) >= 11 is 0. The second-order valence-corrected chi connectivity index (χ2v) is 3.28. The third-order valence-corrected chi connectivity index (χ3v) is 2.17. The van der Waals surface area contributed by atoms with Crippen LogP contribution >= 0.6 is 0 Å². The van der Waals surface area contributed by atoms with Crippen LogP contribution in [0.15, 0.2) is 30.5 Å². The molecule has 0 N–H and O–H groups in total. The Morgan fingerprint density at radius 3 is 2.94 bits per heavy atom. The first kappa shape index (κ1) is 10.5. The molecule has 0 saturated heterocycles. The number of ether oxygens (including phenoxy) is 1. The molecule has 1 heterocycles. The van der Waals surface area contributed by atoms with E-state index in [-0.39, 0.29) is 11.5 Å². The number of aromatic nitrogens is 1. The number of hydrogen-bond acceptors (Lipinski definition) is 3. The topological polar surface area (TPSA) is 39.2 Å². The second kappa shape index (κ2) is 4.26. The van der Waals surface area contributed by atoms with Crippen molar-refractivity contribution in [1.29, 1.82) is 0 Å². The van der Waals surface area contributed by atoms with Crippen molar-refractivity contribution in [1.82, 2.24) is 4.98 Å². The Bertz CT molecular complexity index is 540. The minimum Gasteiger partial charge on any atom is -0.461 e. The van der Waals surface area contributed by atoms with Crippen LogP contribution < -0.4 is 0 Å². The number of carbonyl (C=O) groups is 1. The summed E-state index contributed by atoms with van der Waals surface area (Å²) < 4.78 is 17.7. The Morgan fingerprint density at radius 2 is 2.19 bits per heavy atom. The fourth-order valence-electron chi connectivity index (χ4n) is 1.43. The van der Waals surface area contributed by atoms with E-state index in [0.29, 0.717) is 12.0 Å². The molecule has 16 heavy (non-hydrogen) atoms. The van der Waals surface area contributed by atoms with Crippen molar-refractivity contribution in [2.24, 2.45) is 0 Å². The van der Waals surface area contributed by atoms with Crippen LogP contribution in [0, 0.1) is 5.82 Å². The highest BCUT2D eigenvalue weighted by molar-refractivity contribution is 5.92. The lowest BCUT2D eigenvalue weighted by molar-refractivity contribution is 0.0520. The van der Waals surface area contributed by atoms with Gasteiger partial charge in [0.25, 0.3) is 0 Å². The number of nitrogens with zero attached hydrogens (tertiary/aromatic N) is 1. The highest BCUT2D eigenvalue weighted by atomic mass is 19.1. The van der Waals surface area contributed by atoms with Crippen LogP contribution in [-0.4, -0.2) is 17.6 Å². The fraction of sp³-hybridized carbons (Fsp3) is 0.167. The number of fused-ring (bicyclic) bond motifs is 1. The van der Waals surface area contributed by atoms with Crippen LogP contribution in [0.3, 0.4) is 0 Å². The maximum atomic E-state index is 12.9. The third-order valence-electron chi connectivity index (χ3n) is 2.17. The molecule has 1 aromatic heterocycles. The average Bonchev–Trinajstić information content (AvgIpc) is 2.28. The number of hydrogen-bond donors (Lipinski definition) is 0. The maximum absolute atomic E-state index is 12.9. The van der Waals surface area contributed by atoms with Crippen LogP contribution in [0.4, 0.5) is 4.39 Å². The molecule has 2 aromatic rings. The van der Waals surface area contributed by atoms with E-state index in [1.165, 1.54) is 18.3 Å². The third kappa shape index (κ3) is 2.00. The zero-order chi connectivity index (χ0) is 11.5. The summed E-state index contributed by atoms with van der Waals surface area (Å²) in [6.07, 6.45) is 1.46. The molecule has 1 aromatic carbocycles. The van der Waals surface area contributed by atoms with Crippen molar-refractivity contribution in [2.45, 2.75) is 6.92 Å². The lowest BCUT2D eigenvalue weighted by Crippen LogP contribution is -2.06. The molecule has 82 valence electrons. The number of pyridine rings is 1. The van der Waals surface area contributed by atoms with Gasteiger partial charge in [-0.2, -0.15) is 0 Å². The van der Waals surface area contributed by atoms with Gasteiger partial charge in [-0.05, 0) is 30.5 Å². The summed E-state index contributed by atoms with van der Waals surface area (Å²) in [6, 6.07) is 5.91. The standard InChI is InChI=1S/C12H10FNO2/c1-2-16-12(15)11-6-8-3-4-10(13)5-9(8)7-14-11/h3-7H,2H2,1H3. The van der Waals surface area contributed by atoms with Crippen molar-refractivity contribution in [3.05, 3.63) is 42.0 Å². The van der Waals surface area contributed by atoms with Crippen molar-refractivity contribution < 1.29 is 13.9 Å². The van der Waals surface area contributed by atoms with Crippen molar-refractivity contribution in [3.63, 3.8) is 0 Å². The van der Waals surface area contributed by atoms with Crippen molar-refractivity contribution in [2.75, 3.05) is 6.61 Å². The minimum atomic E-state index is -0.464. The Hall–Kier alpha value is -1.97. The van der Waals surface area contributed by atoms with Crippen molar-refractivity contribution in [3.8, 4) is 0 Å². The van der Waals surface area contributed by atoms with Crippen LogP contribution in [0.25, 0.3) is 10.8 Å². The molecule has 0 amide bonds. The predicted molar refractivity (Wildman–Crippen MR) is 57.7 cm³/mol. The van der Waals surface area contributed by atoms with Gasteiger partial charge in [0.1, 0.15) is 11.5 Å². The average molecular weight is 219 g/mol. The highest BCUT2D eigenvalue weighted by Gasteiger charge is 2.08. The molecule has 4 heteroatoms. The molecule has 0 saturated carbocycles. The van der Waals surface area contributed by atoms with Gasteiger partial charge in [-0.3, -0.25) is 0 Å². The van der Waals surface area contributed by atoms with Gasteiger partial charge in [0.2, 0.25) is 0 Å². The summed E-state index contributed by atoms with van der Waals surface area (Å²) in [4.78, 5) is 15.3. The fourth-order valence-corrected chi connectivity index (χ4v) is 1.43. The van der Waals surface area contributed by atoms with Gasteiger partial charge in [-0.25, -0.2) is 14.2 Å². The molecule has 0 unspecified atom stereocenters. The van der Waals surface area contributed by atoms with Gasteiger partial charge in [0.05, 0.1) is 6.61 Å². The molecule has 0 aliphatic carbocycles. The summed E-state index contributed by atoms with van der Waals surface area (Å²) in [5.41, 5.74) is 0.237. The number of benzene rings is 1. The lowest BCUT2D eigenvalue weighted by Gasteiger charge is -2.02. The van der Waals surface area contributed by atoms with Gasteiger partial charge in [0.15, 0.2) is 0 Å². The molecule has 0 spiro atoms. The predicted octanol–water partition coefficient (Wildman–Crippen LogP) is 2.55. The molecule has 0 aliphatic heterocycles. The molecule has 0 fully saturated rings. The molecule has 0 radical (unpaired) electrons. The van der Waals surface area contributed by atoms with Gasteiger partial charge in [-0.15, -0.1) is 0 Å². The number of carbonyl (C=O) groups excluding carboxylic acids is 1. The van der Waals surface area contributed by atoms with Crippen LogP contribution in [0.1, 0.15) is 17.4 Å². The van der Waals surface area contributed by atoms with E-state index in [1.807, 2.05) is 0 Å². The van der Waals surface area contributed by atoms with E-state index in [2.05, 4.69) is 4.98 Å². The minimum absolute atomic E-state index is 0.237. The van der Waals surface area contributed by atoms with Crippen molar-refractivity contribution >= 4 is 16.7 Å². The number of halogens is 1. The lowest BCUT2D eigenvalue weighted by atomic mass is 10.1. The summed E-state index contributed by atoms with van der Waals surface area (Å²) in [5, 5.41) is 1.42. The van der Waals surface area contributed by atoms with Crippen LogP contribution in [0.5, 0.6) is 0 Å².